The predicted molar refractivity (Wildman–Crippen MR) is 82.4 cm³/mol. The molecule has 0 saturated heterocycles. The predicted octanol–water partition coefficient (Wildman–Crippen LogP) is 2.84. The van der Waals surface area contributed by atoms with Gasteiger partial charge in [0.2, 0.25) is 0 Å². The number of rotatable bonds is 4. The van der Waals surface area contributed by atoms with Crippen LogP contribution in [0.5, 0.6) is 0 Å². The van der Waals surface area contributed by atoms with E-state index in [2.05, 4.69) is 17.7 Å². The second-order valence-electron chi connectivity index (χ2n) is 6.01. The first-order valence-corrected chi connectivity index (χ1v) is 7.45. The summed E-state index contributed by atoms with van der Waals surface area (Å²) < 4.78 is 0. The van der Waals surface area contributed by atoms with Crippen LogP contribution in [0.2, 0.25) is 0 Å². The summed E-state index contributed by atoms with van der Waals surface area (Å²) in [6.45, 7) is 5.03. The average molecular weight is 275 g/mol. The number of hydrogen-bond donors (Lipinski definition) is 3. The highest BCUT2D eigenvalue weighted by Crippen LogP contribution is 2.27. The SMILES string of the molecule is Cc1cc(NN)ccc1C(=O)NCC1CCC(C)CC1. The Bertz CT molecular complexity index is 465. The molecule has 0 spiro atoms. The van der Waals surface area contributed by atoms with E-state index in [1.807, 2.05) is 25.1 Å². The maximum atomic E-state index is 12.2. The van der Waals surface area contributed by atoms with Crippen LogP contribution in [0.3, 0.4) is 0 Å². The molecule has 4 heteroatoms. The number of hydrogen-bond acceptors (Lipinski definition) is 3. The second kappa shape index (κ2) is 6.75. The molecular weight excluding hydrogens is 250 g/mol. The topological polar surface area (TPSA) is 67.1 Å². The van der Waals surface area contributed by atoms with Gasteiger partial charge in [-0.2, -0.15) is 0 Å². The fourth-order valence-corrected chi connectivity index (χ4v) is 2.87. The van der Waals surface area contributed by atoms with E-state index in [1.54, 1.807) is 0 Å². The first-order valence-electron chi connectivity index (χ1n) is 7.45. The molecule has 4 N–H and O–H groups in total. The van der Waals surface area contributed by atoms with Crippen molar-refractivity contribution in [3.63, 3.8) is 0 Å². The maximum absolute atomic E-state index is 12.2. The molecule has 0 bridgehead atoms. The van der Waals surface area contributed by atoms with Crippen molar-refractivity contribution in [3.05, 3.63) is 29.3 Å². The van der Waals surface area contributed by atoms with Gasteiger partial charge in [0.05, 0.1) is 0 Å². The molecule has 20 heavy (non-hydrogen) atoms. The number of carbonyl (C=O) groups is 1. The number of nitrogen functional groups attached to an aromatic ring is 1. The van der Waals surface area contributed by atoms with E-state index < -0.39 is 0 Å². The van der Waals surface area contributed by atoms with E-state index >= 15 is 0 Å². The Balaban J connectivity index is 1.88. The number of amides is 1. The van der Waals surface area contributed by atoms with Gasteiger partial charge in [-0.1, -0.05) is 19.8 Å². The summed E-state index contributed by atoms with van der Waals surface area (Å²) in [6, 6.07) is 5.53. The van der Waals surface area contributed by atoms with Gasteiger partial charge in [0, 0.05) is 17.8 Å². The van der Waals surface area contributed by atoms with Crippen molar-refractivity contribution < 1.29 is 4.79 Å². The Hall–Kier alpha value is -1.55. The van der Waals surface area contributed by atoms with Crippen LogP contribution in [0.25, 0.3) is 0 Å². The van der Waals surface area contributed by atoms with Crippen LogP contribution >= 0.6 is 0 Å². The number of hydrazine groups is 1. The second-order valence-corrected chi connectivity index (χ2v) is 6.01. The largest absolute Gasteiger partial charge is 0.352 e. The molecule has 1 aliphatic rings. The van der Waals surface area contributed by atoms with Crippen LogP contribution in [0.4, 0.5) is 5.69 Å². The highest BCUT2D eigenvalue weighted by molar-refractivity contribution is 5.96. The van der Waals surface area contributed by atoms with Crippen molar-refractivity contribution in [3.8, 4) is 0 Å². The third-order valence-corrected chi connectivity index (χ3v) is 4.32. The van der Waals surface area contributed by atoms with E-state index in [-0.39, 0.29) is 5.91 Å². The van der Waals surface area contributed by atoms with Crippen molar-refractivity contribution >= 4 is 11.6 Å². The lowest BCUT2D eigenvalue weighted by molar-refractivity contribution is 0.0941. The highest BCUT2D eigenvalue weighted by Gasteiger charge is 2.19. The molecule has 1 saturated carbocycles. The molecule has 0 heterocycles. The lowest BCUT2D eigenvalue weighted by Crippen LogP contribution is -2.31. The number of anilines is 1. The molecule has 110 valence electrons. The molecular formula is C16H25N3O. The molecule has 1 aliphatic carbocycles. The Morgan fingerprint density at radius 2 is 2.00 bits per heavy atom. The van der Waals surface area contributed by atoms with E-state index in [0.717, 1.165) is 29.3 Å². The highest BCUT2D eigenvalue weighted by atomic mass is 16.1. The molecule has 4 nitrogen and oxygen atoms in total. The van der Waals surface area contributed by atoms with E-state index in [4.69, 9.17) is 5.84 Å². The maximum Gasteiger partial charge on any atom is 0.251 e. The minimum Gasteiger partial charge on any atom is -0.352 e. The van der Waals surface area contributed by atoms with Crippen LogP contribution in [-0.4, -0.2) is 12.5 Å². The van der Waals surface area contributed by atoms with Crippen molar-refractivity contribution in [1.29, 1.82) is 0 Å². The first-order chi connectivity index (χ1) is 9.60. The van der Waals surface area contributed by atoms with Gasteiger partial charge in [0.25, 0.3) is 5.91 Å². The molecule has 1 aromatic carbocycles. The Morgan fingerprint density at radius 1 is 1.30 bits per heavy atom. The van der Waals surface area contributed by atoms with Crippen molar-refractivity contribution in [2.24, 2.45) is 17.7 Å². The molecule has 0 aliphatic heterocycles. The van der Waals surface area contributed by atoms with Gasteiger partial charge < -0.3 is 10.7 Å². The minimum absolute atomic E-state index is 0.0182. The zero-order valence-corrected chi connectivity index (χ0v) is 12.4. The fraction of sp³-hybridized carbons (Fsp3) is 0.562. The quantitative estimate of drug-likeness (QED) is 0.584. The van der Waals surface area contributed by atoms with E-state index in [1.165, 1.54) is 25.7 Å². The van der Waals surface area contributed by atoms with Crippen LogP contribution in [0.15, 0.2) is 18.2 Å². The minimum atomic E-state index is 0.0182. The van der Waals surface area contributed by atoms with Gasteiger partial charge in [0.1, 0.15) is 0 Å². The van der Waals surface area contributed by atoms with Crippen LogP contribution in [0.1, 0.15) is 48.5 Å². The van der Waals surface area contributed by atoms with Gasteiger partial charge in [-0.05, 0) is 55.4 Å². The molecule has 1 amide bonds. The van der Waals surface area contributed by atoms with Crippen LogP contribution < -0.4 is 16.6 Å². The Labute approximate surface area is 121 Å². The summed E-state index contributed by atoms with van der Waals surface area (Å²) in [4.78, 5) is 12.2. The van der Waals surface area contributed by atoms with Crippen molar-refractivity contribution in [2.75, 3.05) is 12.0 Å². The molecule has 2 rings (SSSR count). The lowest BCUT2D eigenvalue weighted by atomic mass is 9.83. The summed E-state index contributed by atoms with van der Waals surface area (Å²) in [6.07, 6.45) is 5.04. The zero-order valence-electron chi connectivity index (χ0n) is 12.4. The summed E-state index contributed by atoms with van der Waals surface area (Å²) in [5.41, 5.74) is 5.08. The Kier molecular flexibility index (Phi) is 5.01. The monoisotopic (exact) mass is 275 g/mol. The average Bonchev–Trinajstić information content (AvgIpc) is 2.46. The zero-order chi connectivity index (χ0) is 14.5. The summed E-state index contributed by atoms with van der Waals surface area (Å²) >= 11 is 0. The lowest BCUT2D eigenvalue weighted by Gasteiger charge is -2.26. The van der Waals surface area contributed by atoms with Gasteiger partial charge in [-0.3, -0.25) is 10.6 Å². The van der Waals surface area contributed by atoms with Crippen molar-refractivity contribution in [1.82, 2.24) is 5.32 Å². The summed E-state index contributed by atoms with van der Waals surface area (Å²) in [7, 11) is 0. The molecule has 1 fully saturated rings. The summed E-state index contributed by atoms with van der Waals surface area (Å²) in [5.74, 6) is 6.87. The molecule has 1 aromatic rings. The number of nitrogens with one attached hydrogen (secondary N) is 2. The fourth-order valence-electron chi connectivity index (χ4n) is 2.87. The number of benzene rings is 1. The third kappa shape index (κ3) is 3.73. The summed E-state index contributed by atoms with van der Waals surface area (Å²) in [5, 5.41) is 3.07. The third-order valence-electron chi connectivity index (χ3n) is 4.32. The number of nitrogens with two attached hydrogens (primary N) is 1. The van der Waals surface area contributed by atoms with Gasteiger partial charge in [0.15, 0.2) is 0 Å². The van der Waals surface area contributed by atoms with E-state index in [0.29, 0.717) is 5.92 Å². The first kappa shape index (κ1) is 14.9. The number of aryl methyl sites for hydroxylation is 1. The van der Waals surface area contributed by atoms with E-state index in [9.17, 15) is 4.79 Å². The smallest absolute Gasteiger partial charge is 0.251 e. The van der Waals surface area contributed by atoms with Crippen molar-refractivity contribution in [2.45, 2.75) is 39.5 Å². The van der Waals surface area contributed by atoms with Gasteiger partial charge in [-0.15, -0.1) is 0 Å². The standard InChI is InChI=1S/C16H25N3O/c1-11-3-5-13(6-4-11)10-18-16(20)15-8-7-14(19-17)9-12(15)2/h7-9,11,13,19H,3-6,10,17H2,1-2H3,(H,18,20). The molecule has 0 atom stereocenters. The van der Waals surface area contributed by atoms with Gasteiger partial charge >= 0.3 is 0 Å². The Morgan fingerprint density at radius 3 is 2.60 bits per heavy atom. The molecule has 0 unspecified atom stereocenters. The molecule has 0 radical (unpaired) electrons. The number of carbonyl (C=O) groups excluding carboxylic acids is 1. The van der Waals surface area contributed by atoms with Crippen LogP contribution in [-0.2, 0) is 0 Å². The normalized spacial score (nSPS) is 22.4. The molecule has 0 aromatic heterocycles. The van der Waals surface area contributed by atoms with Gasteiger partial charge in [-0.25, -0.2) is 0 Å². The van der Waals surface area contributed by atoms with Crippen LogP contribution in [0, 0.1) is 18.8 Å².